The van der Waals surface area contributed by atoms with Gasteiger partial charge in [0.1, 0.15) is 0 Å². The van der Waals surface area contributed by atoms with Crippen LogP contribution in [0, 0.1) is 39.9 Å². The lowest BCUT2D eigenvalue weighted by atomic mass is 9.48. The Kier molecular flexibility index (Phi) is 3.09. The Morgan fingerprint density at radius 2 is 1.67 bits per heavy atom. The van der Waals surface area contributed by atoms with E-state index in [9.17, 15) is 10.2 Å². The summed E-state index contributed by atoms with van der Waals surface area (Å²) in [5, 5.41) is 21.0. The predicted molar refractivity (Wildman–Crippen MR) is 95.4 cm³/mol. The lowest BCUT2D eigenvalue weighted by molar-refractivity contribution is -0.107. The first kappa shape index (κ1) is 16.1. The Morgan fingerprint density at radius 1 is 0.875 bits per heavy atom. The second-order valence-corrected chi connectivity index (χ2v) is 11.2. The topological polar surface area (TPSA) is 40.5 Å². The van der Waals surface area contributed by atoms with Crippen molar-refractivity contribution in [2.24, 2.45) is 39.9 Å². The summed E-state index contributed by atoms with van der Waals surface area (Å²) in [7, 11) is 0. The van der Waals surface area contributed by atoms with Gasteiger partial charge in [0.25, 0.3) is 0 Å². The quantitative estimate of drug-likeness (QED) is 0.740. The highest BCUT2D eigenvalue weighted by Gasteiger charge is 2.76. The SMILES string of the molecule is CC(O)C1CC[C@H]2[C@@H]3CC[C@]45C[C@](C)(O)CC[C@]4(C5)[C@H]3CC[C@]12C. The average Bonchev–Trinajstić information content (AvgIpc) is 3.03. The van der Waals surface area contributed by atoms with Crippen LogP contribution in [0.2, 0.25) is 0 Å². The molecule has 5 aliphatic rings. The Bertz CT molecular complexity index is 554. The smallest absolute Gasteiger partial charge is 0.0625 e. The first-order valence-corrected chi connectivity index (χ1v) is 10.6. The van der Waals surface area contributed by atoms with E-state index in [-0.39, 0.29) is 6.10 Å². The standard InChI is InChI=1S/C22H36O2/c1-14(23)16-4-5-17-15-6-9-21-12-19(2,24)10-11-22(21,13-21)18(15)7-8-20(16,17)3/h14-18,23-24H,4-13H2,1-3H3/t14?,15-,16?,17-,18-,19+,20+,21+,22-/m0/s1. The lowest BCUT2D eigenvalue weighted by Gasteiger charge is -2.57. The van der Waals surface area contributed by atoms with Crippen molar-refractivity contribution in [1.82, 2.24) is 0 Å². The Morgan fingerprint density at radius 3 is 2.42 bits per heavy atom. The molecule has 0 amide bonds. The molecule has 5 aliphatic carbocycles. The first-order chi connectivity index (χ1) is 11.2. The minimum atomic E-state index is -0.402. The molecule has 0 aliphatic heterocycles. The minimum Gasteiger partial charge on any atom is -0.393 e. The van der Waals surface area contributed by atoms with Crippen molar-refractivity contribution < 1.29 is 10.2 Å². The fraction of sp³-hybridized carbons (Fsp3) is 1.00. The highest BCUT2D eigenvalue weighted by molar-refractivity contribution is 5.25. The summed E-state index contributed by atoms with van der Waals surface area (Å²) in [5.74, 6) is 3.21. The number of aliphatic hydroxyl groups is 2. The summed E-state index contributed by atoms with van der Waals surface area (Å²) < 4.78 is 0. The maximum absolute atomic E-state index is 10.7. The molecule has 0 heterocycles. The molecule has 2 N–H and O–H groups in total. The molecular formula is C22H36O2. The molecule has 9 atom stereocenters. The molecule has 2 nitrogen and oxygen atoms in total. The van der Waals surface area contributed by atoms with Gasteiger partial charge in [0.15, 0.2) is 0 Å². The summed E-state index contributed by atoms with van der Waals surface area (Å²) in [6.07, 6.45) is 12.8. The molecule has 0 aromatic rings. The van der Waals surface area contributed by atoms with Crippen molar-refractivity contribution in [3.8, 4) is 0 Å². The van der Waals surface area contributed by atoms with E-state index in [4.69, 9.17) is 0 Å². The Hall–Kier alpha value is -0.0800. The summed E-state index contributed by atoms with van der Waals surface area (Å²) in [4.78, 5) is 0. The van der Waals surface area contributed by atoms with E-state index in [1.165, 1.54) is 51.4 Å². The van der Waals surface area contributed by atoms with E-state index in [1.807, 2.05) is 6.92 Å². The number of fused-ring (bicyclic) bond motifs is 3. The van der Waals surface area contributed by atoms with E-state index in [0.717, 1.165) is 30.6 Å². The fourth-order valence-corrected chi connectivity index (χ4v) is 9.25. The maximum atomic E-state index is 10.7. The van der Waals surface area contributed by atoms with Crippen molar-refractivity contribution in [2.45, 2.75) is 96.7 Å². The monoisotopic (exact) mass is 332 g/mol. The molecule has 136 valence electrons. The molecule has 0 aromatic carbocycles. The van der Waals surface area contributed by atoms with Gasteiger partial charge in [0.05, 0.1) is 11.7 Å². The van der Waals surface area contributed by atoms with Gasteiger partial charge in [-0.25, -0.2) is 0 Å². The average molecular weight is 333 g/mol. The normalized spacial score (nSPS) is 62.9. The predicted octanol–water partition coefficient (Wildman–Crippen LogP) is 4.53. The van der Waals surface area contributed by atoms with Crippen molar-refractivity contribution in [3.05, 3.63) is 0 Å². The molecule has 5 rings (SSSR count). The van der Waals surface area contributed by atoms with Crippen LogP contribution in [0.15, 0.2) is 0 Å². The van der Waals surface area contributed by atoms with Crippen molar-refractivity contribution in [1.29, 1.82) is 0 Å². The maximum Gasteiger partial charge on any atom is 0.0625 e. The highest BCUT2D eigenvalue weighted by Crippen LogP contribution is 2.83. The molecule has 24 heavy (non-hydrogen) atoms. The molecule has 0 aromatic heterocycles. The molecular weight excluding hydrogens is 296 g/mol. The third-order valence-corrected chi connectivity index (χ3v) is 10.2. The molecule has 0 bridgehead atoms. The number of hydrogen-bond acceptors (Lipinski definition) is 2. The van der Waals surface area contributed by atoms with Crippen molar-refractivity contribution in [2.75, 3.05) is 0 Å². The summed E-state index contributed by atoms with van der Waals surface area (Å²) in [6, 6.07) is 0. The lowest BCUT2D eigenvalue weighted by Crippen LogP contribution is -2.51. The van der Waals surface area contributed by atoms with Gasteiger partial charge in [-0.3, -0.25) is 0 Å². The molecule has 5 fully saturated rings. The molecule has 0 saturated heterocycles. The second kappa shape index (κ2) is 4.60. The van der Waals surface area contributed by atoms with Crippen LogP contribution in [0.25, 0.3) is 0 Å². The zero-order chi connectivity index (χ0) is 17.0. The van der Waals surface area contributed by atoms with Crippen LogP contribution < -0.4 is 0 Å². The van der Waals surface area contributed by atoms with Crippen LogP contribution in [0.5, 0.6) is 0 Å². The molecule has 5 saturated carbocycles. The van der Waals surface area contributed by atoms with Gasteiger partial charge in [-0.2, -0.15) is 0 Å². The number of hydrogen-bond donors (Lipinski definition) is 2. The zero-order valence-electron chi connectivity index (χ0n) is 15.9. The van der Waals surface area contributed by atoms with E-state index in [0.29, 0.717) is 22.2 Å². The van der Waals surface area contributed by atoms with Gasteiger partial charge in [-0.15, -0.1) is 0 Å². The van der Waals surface area contributed by atoms with Gasteiger partial charge < -0.3 is 10.2 Å². The summed E-state index contributed by atoms with van der Waals surface area (Å²) >= 11 is 0. The fourth-order valence-electron chi connectivity index (χ4n) is 9.25. The van der Waals surface area contributed by atoms with E-state index in [2.05, 4.69) is 13.8 Å². The van der Waals surface area contributed by atoms with Crippen LogP contribution in [0.4, 0.5) is 0 Å². The number of rotatable bonds is 1. The van der Waals surface area contributed by atoms with Gasteiger partial charge in [-0.1, -0.05) is 6.92 Å². The van der Waals surface area contributed by atoms with E-state index < -0.39 is 5.60 Å². The first-order valence-electron chi connectivity index (χ1n) is 10.6. The van der Waals surface area contributed by atoms with Crippen LogP contribution in [-0.4, -0.2) is 21.9 Å². The highest BCUT2D eigenvalue weighted by atomic mass is 16.3. The Labute approximate surface area is 147 Å². The van der Waals surface area contributed by atoms with Gasteiger partial charge in [-0.05, 0) is 118 Å². The van der Waals surface area contributed by atoms with Crippen LogP contribution in [-0.2, 0) is 0 Å². The zero-order valence-corrected chi connectivity index (χ0v) is 15.9. The molecule has 0 radical (unpaired) electrons. The van der Waals surface area contributed by atoms with Crippen molar-refractivity contribution in [3.63, 3.8) is 0 Å². The van der Waals surface area contributed by atoms with Crippen molar-refractivity contribution >= 4 is 0 Å². The van der Waals surface area contributed by atoms with Gasteiger partial charge in [0, 0.05) is 0 Å². The third-order valence-electron chi connectivity index (χ3n) is 10.2. The van der Waals surface area contributed by atoms with Crippen LogP contribution >= 0.6 is 0 Å². The number of aliphatic hydroxyl groups excluding tert-OH is 1. The summed E-state index contributed by atoms with van der Waals surface area (Å²) in [5.41, 5.74) is 1.09. The van der Waals surface area contributed by atoms with Gasteiger partial charge >= 0.3 is 0 Å². The van der Waals surface area contributed by atoms with Crippen LogP contribution in [0.3, 0.4) is 0 Å². The van der Waals surface area contributed by atoms with E-state index >= 15 is 0 Å². The largest absolute Gasteiger partial charge is 0.393 e. The second-order valence-electron chi connectivity index (χ2n) is 11.2. The molecule has 0 spiro atoms. The van der Waals surface area contributed by atoms with Crippen LogP contribution in [0.1, 0.15) is 85.0 Å². The Balaban J connectivity index is 1.44. The summed E-state index contributed by atoms with van der Waals surface area (Å²) in [6.45, 7) is 6.62. The van der Waals surface area contributed by atoms with Gasteiger partial charge in [0.2, 0.25) is 0 Å². The minimum absolute atomic E-state index is 0.136. The molecule has 2 unspecified atom stereocenters. The van der Waals surface area contributed by atoms with E-state index in [1.54, 1.807) is 0 Å². The third kappa shape index (κ3) is 1.80. The molecule has 2 heteroatoms.